The van der Waals surface area contributed by atoms with Gasteiger partial charge in [-0.05, 0) is 49.4 Å². The summed E-state index contributed by atoms with van der Waals surface area (Å²) in [5.41, 5.74) is 1.49. The van der Waals surface area contributed by atoms with Gasteiger partial charge in [0, 0.05) is 12.5 Å². The fraction of sp³-hybridized carbons (Fsp3) is 0.412. The lowest BCUT2D eigenvalue weighted by molar-refractivity contribution is 0.430. The first-order valence-electron chi connectivity index (χ1n) is 7.13. The normalized spacial score (nSPS) is 23.2. The Bertz CT molecular complexity index is 491. The second-order valence-corrected chi connectivity index (χ2v) is 5.43. The van der Waals surface area contributed by atoms with Gasteiger partial charge in [0.1, 0.15) is 5.76 Å². The van der Waals surface area contributed by atoms with Crippen LogP contribution in [0.3, 0.4) is 0 Å². The van der Waals surface area contributed by atoms with Crippen LogP contribution < -0.4 is 5.32 Å². The minimum absolute atomic E-state index is 0.593. The van der Waals surface area contributed by atoms with Crippen LogP contribution in [-0.4, -0.2) is 13.1 Å². The molecule has 0 saturated heterocycles. The van der Waals surface area contributed by atoms with E-state index in [1.54, 1.807) is 6.26 Å². The van der Waals surface area contributed by atoms with Gasteiger partial charge in [-0.1, -0.05) is 30.3 Å². The summed E-state index contributed by atoms with van der Waals surface area (Å²) in [7, 11) is 2.08. The third-order valence-corrected chi connectivity index (χ3v) is 4.24. The summed E-state index contributed by atoms with van der Waals surface area (Å²) in [6.45, 7) is 0. The molecular weight excluding hydrogens is 234 g/mol. The van der Waals surface area contributed by atoms with E-state index >= 15 is 0 Å². The Kier molecular flexibility index (Phi) is 3.69. The molecule has 1 aliphatic rings. The predicted molar refractivity (Wildman–Crippen MR) is 77.2 cm³/mol. The number of hydrogen-bond acceptors (Lipinski definition) is 2. The summed E-state index contributed by atoms with van der Waals surface area (Å²) < 4.78 is 5.41. The molecule has 1 aromatic carbocycles. The zero-order valence-corrected chi connectivity index (χ0v) is 11.4. The van der Waals surface area contributed by atoms with E-state index in [1.165, 1.54) is 12.0 Å². The van der Waals surface area contributed by atoms with Crippen LogP contribution in [0.15, 0.2) is 53.1 Å². The largest absolute Gasteiger partial charge is 0.469 e. The molecule has 0 aliphatic heterocycles. The van der Waals surface area contributed by atoms with Crippen LogP contribution in [0.25, 0.3) is 0 Å². The Morgan fingerprint density at radius 3 is 2.74 bits per heavy atom. The van der Waals surface area contributed by atoms with E-state index in [9.17, 15) is 0 Å². The smallest absolute Gasteiger partial charge is 0.103 e. The van der Waals surface area contributed by atoms with Crippen molar-refractivity contribution in [3.8, 4) is 0 Å². The fourth-order valence-corrected chi connectivity index (χ4v) is 3.07. The molecule has 3 atom stereocenters. The Balaban J connectivity index is 1.56. The number of aryl methyl sites for hydroxylation is 1. The van der Waals surface area contributed by atoms with Crippen molar-refractivity contribution in [3.05, 3.63) is 60.1 Å². The van der Waals surface area contributed by atoms with Crippen LogP contribution in [0.1, 0.15) is 30.1 Å². The third-order valence-electron chi connectivity index (χ3n) is 4.24. The number of benzene rings is 1. The highest BCUT2D eigenvalue weighted by molar-refractivity contribution is 5.26. The second-order valence-electron chi connectivity index (χ2n) is 5.43. The van der Waals surface area contributed by atoms with Crippen LogP contribution >= 0.6 is 0 Å². The average Bonchev–Trinajstić information content (AvgIpc) is 3.07. The molecule has 1 aliphatic carbocycles. The van der Waals surface area contributed by atoms with Gasteiger partial charge >= 0.3 is 0 Å². The quantitative estimate of drug-likeness (QED) is 0.853. The van der Waals surface area contributed by atoms with Gasteiger partial charge in [0.15, 0.2) is 0 Å². The van der Waals surface area contributed by atoms with Gasteiger partial charge < -0.3 is 9.73 Å². The summed E-state index contributed by atoms with van der Waals surface area (Å²) in [6.07, 6.45) is 5.25. The van der Waals surface area contributed by atoms with Gasteiger partial charge in [0.05, 0.1) is 6.26 Å². The van der Waals surface area contributed by atoms with E-state index in [2.05, 4.69) is 48.8 Å². The van der Waals surface area contributed by atoms with Gasteiger partial charge in [-0.15, -0.1) is 0 Å². The van der Waals surface area contributed by atoms with Crippen LogP contribution in [0, 0.1) is 5.92 Å². The molecule has 1 saturated carbocycles. The van der Waals surface area contributed by atoms with Gasteiger partial charge in [0.2, 0.25) is 0 Å². The standard InChI is InChI=1S/C17H21NO/c1-18-17(10-9-14-8-5-11-19-14)16-12-15(16)13-6-3-2-4-7-13/h2-8,11,15-18H,9-10,12H2,1H3. The zero-order chi connectivity index (χ0) is 13.1. The SMILES string of the molecule is CNC(CCc1ccco1)C1CC1c1ccccc1. The Hall–Kier alpha value is -1.54. The van der Waals surface area contributed by atoms with Crippen molar-refractivity contribution in [2.24, 2.45) is 5.92 Å². The molecule has 2 aromatic rings. The number of furan rings is 1. The third kappa shape index (κ3) is 2.90. The summed E-state index contributed by atoms with van der Waals surface area (Å²) in [5.74, 6) is 2.62. The predicted octanol–water partition coefficient (Wildman–Crippen LogP) is 3.60. The van der Waals surface area contributed by atoms with Crippen LogP contribution in [-0.2, 0) is 6.42 Å². The monoisotopic (exact) mass is 255 g/mol. The molecule has 0 spiro atoms. The maximum atomic E-state index is 5.41. The molecular formula is C17H21NO. The highest BCUT2D eigenvalue weighted by Crippen LogP contribution is 2.50. The van der Waals surface area contributed by atoms with E-state index in [4.69, 9.17) is 4.42 Å². The lowest BCUT2D eigenvalue weighted by atomic mass is 10.0. The fourth-order valence-electron chi connectivity index (χ4n) is 3.07. The van der Waals surface area contributed by atoms with Crippen molar-refractivity contribution in [3.63, 3.8) is 0 Å². The second kappa shape index (κ2) is 5.62. The molecule has 100 valence electrons. The van der Waals surface area contributed by atoms with E-state index < -0.39 is 0 Å². The van der Waals surface area contributed by atoms with Gasteiger partial charge in [-0.2, -0.15) is 0 Å². The highest BCUT2D eigenvalue weighted by Gasteiger charge is 2.42. The minimum Gasteiger partial charge on any atom is -0.469 e. The summed E-state index contributed by atoms with van der Waals surface area (Å²) in [4.78, 5) is 0. The van der Waals surface area contributed by atoms with Gasteiger partial charge in [-0.25, -0.2) is 0 Å². The van der Waals surface area contributed by atoms with E-state index in [0.29, 0.717) is 6.04 Å². The minimum atomic E-state index is 0.593. The van der Waals surface area contributed by atoms with E-state index in [-0.39, 0.29) is 0 Å². The summed E-state index contributed by atoms with van der Waals surface area (Å²) in [6, 6.07) is 15.5. The first kappa shape index (κ1) is 12.5. The molecule has 3 rings (SSSR count). The molecule has 0 bridgehead atoms. The van der Waals surface area contributed by atoms with Crippen molar-refractivity contribution in [1.82, 2.24) is 5.32 Å². The summed E-state index contributed by atoms with van der Waals surface area (Å²) >= 11 is 0. The molecule has 19 heavy (non-hydrogen) atoms. The van der Waals surface area contributed by atoms with Crippen molar-refractivity contribution in [2.75, 3.05) is 7.05 Å². The Morgan fingerprint density at radius 1 is 1.21 bits per heavy atom. The lowest BCUT2D eigenvalue weighted by Crippen LogP contribution is -2.28. The maximum Gasteiger partial charge on any atom is 0.103 e. The van der Waals surface area contributed by atoms with Gasteiger partial charge in [0.25, 0.3) is 0 Å². The molecule has 1 N–H and O–H groups in total. The van der Waals surface area contributed by atoms with Crippen molar-refractivity contribution in [1.29, 1.82) is 0 Å². The van der Waals surface area contributed by atoms with Crippen LogP contribution in [0.5, 0.6) is 0 Å². The first-order chi connectivity index (χ1) is 9.38. The summed E-state index contributed by atoms with van der Waals surface area (Å²) in [5, 5.41) is 3.48. The highest BCUT2D eigenvalue weighted by atomic mass is 16.3. The zero-order valence-electron chi connectivity index (χ0n) is 11.4. The Morgan fingerprint density at radius 2 is 2.05 bits per heavy atom. The van der Waals surface area contributed by atoms with Gasteiger partial charge in [-0.3, -0.25) is 0 Å². The van der Waals surface area contributed by atoms with Crippen molar-refractivity contribution >= 4 is 0 Å². The lowest BCUT2D eigenvalue weighted by Gasteiger charge is -2.15. The average molecular weight is 255 g/mol. The number of nitrogens with one attached hydrogen (secondary N) is 1. The molecule has 3 unspecified atom stereocenters. The molecule has 1 heterocycles. The molecule has 1 aromatic heterocycles. The maximum absolute atomic E-state index is 5.41. The Labute approximate surface area is 114 Å². The number of rotatable bonds is 6. The van der Waals surface area contributed by atoms with Crippen molar-refractivity contribution < 1.29 is 4.42 Å². The van der Waals surface area contributed by atoms with E-state index in [0.717, 1.165) is 30.4 Å². The van der Waals surface area contributed by atoms with Crippen molar-refractivity contribution in [2.45, 2.75) is 31.2 Å². The topological polar surface area (TPSA) is 25.2 Å². The van der Waals surface area contributed by atoms with Crippen LogP contribution in [0.4, 0.5) is 0 Å². The molecule has 2 nitrogen and oxygen atoms in total. The van der Waals surface area contributed by atoms with Crippen LogP contribution in [0.2, 0.25) is 0 Å². The molecule has 1 fully saturated rings. The van der Waals surface area contributed by atoms with E-state index in [1.807, 2.05) is 6.07 Å². The molecule has 0 amide bonds. The molecule has 0 radical (unpaired) electrons. The number of hydrogen-bond donors (Lipinski definition) is 1. The first-order valence-corrected chi connectivity index (χ1v) is 7.13. The molecule has 2 heteroatoms.